The maximum Gasteiger partial charge on any atom is 0.150 e. The molecule has 0 radical (unpaired) electrons. The average Bonchev–Trinajstić information content (AvgIpc) is 2.28. The van der Waals surface area contributed by atoms with Crippen molar-refractivity contribution in [3.05, 3.63) is 34.3 Å². The van der Waals surface area contributed by atoms with E-state index in [4.69, 9.17) is 4.74 Å². The van der Waals surface area contributed by atoms with Crippen LogP contribution in [-0.4, -0.2) is 32.6 Å². The molecule has 3 nitrogen and oxygen atoms in total. The van der Waals surface area contributed by atoms with E-state index in [2.05, 4.69) is 21.2 Å². The first-order valence-corrected chi connectivity index (χ1v) is 5.97. The van der Waals surface area contributed by atoms with Crippen LogP contribution in [0.3, 0.4) is 0 Å². The van der Waals surface area contributed by atoms with Crippen molar-refractivity contribution in [1.29, 1.82) is 0 Å². The minimum absolute atomic E-state index is 0.193. The van der Waals surface area contributed by atoms with Crippen LogP contribution in [0.25, 0.3) is 0 Å². The fourth-order valence-electron chi connectivity index (χ4n) is 1.29. The molecule has 0 saturated carbocycles. The van der Waals surface area contributed by atoms with Gasteiger partial charge in [0.05, 0.1) is 13.2 Å². The molecule has 0 aliphatic carbocycles. The summed E-state index contributed by atoms with van der Waals surface area (Å²) in [5.41, 5.74) is 1.04. The summed E-state index contributed by atoms with van der Waals surface area (Å²) in [6.07, 6.45) is 0.479. The quantitative estimate of drug-likeness (QED) is 0.777. The predicted octanol–water partition coefficient (Wildman–Crippen LogP) is 1.80. The minimum Gasteiger partial charge on any atom is -0.383 e. The smallest absolute Gasteiger partial charge is 0.150 e. The maximum absolute atomic E-state index is 11.5. The number of nitrogens with one attached hydrogen (secondary N) is 1. The van der Waals surface area contributed by atoms with E-state index in [1.807, 2.05) is 24.3 Å². The third-order valence-electron chi connectivity index (χ3n) is 2.12. The molecule has 0 aromatic heterocycles. The highest BCUT2D eigenvalue weighted by Crippen LogP contribution is 2.10. The van der Waals surface area contributed by atoms with E-state index in [-0.39, 0.29) is 5.78 Å². The highest BCUT2D eigenvalue weighted by Gasteiger charge is 2.02. The van der Waals surface area contributed by atoms with Gasteiger partial charge in [0.1, 0.15) is 0 Å². The Hall–Kier alpha value is -0.710. The number of hydrogen-bond donors (Lipinski definition) is 1. The molecule has 0 bridgehead atoms. The third kappa shape index (κ3) is 5.39. The fraction of sp³-hybridized carbons (Fsp3) is 0.417. The van der Waals surface area contributed by atoms with Crippen molar-refractivity contribution in [2.45, 2.75) is 6.42 Å². The maximum atomic E-state index is 11.5. The second-order valence-electron chi connectivity index (χ2n) is 3.51. The summed E-state index contributed by atoms with van der Waals surface area (Å²) < 4.78 is 5.91. The Morgan fingerprint density at radius 1 is 1.38 bits per heavy atom. The molecule has 0 unspecified atom stereocenters. The lowest BCUT2D eigenvalue weighted by molar-refractivity contribution is -0.117. The molecular weight excluding hydrogens is 270 g/mol. The summed E-state index contributed by atoms with van der Waals surface area (Å²) in [7, 11) is 1.64. The first kappa shape index (κ1) is 13.4. The number of Topliss-reactive ketones (excluding diaryl/α,β-unsaturated/α-hetero) is 1. The monoisotopic (exact) mass is 285 g/mol. The Balaban J connectivity index is 2.26. The second kappa shape index (κ2) is 7.54. The highest BCUT2D eigenvalue weighted by molar-refractivity contribution is 9.10. The van der Waals surface area contributed by atoms with E-state index in [9.17, 15) is 4.79 Å². The van der Waals surface area contributed by atoms with Gasteiger partial charge in [-0.05, 0) is 17.7 Å². The molecular formula is C12H16BrNO2. The van der Waals surface area contributed by atoms with Crippen molar-refractivity contribution in [2.24, 2.45) is 0 Å². The zero-order valence-electron chi connectivity index (χ0n) is 9.33. The lowest BCUT2D eigenvalue weighted by atomic mass is 10.1. The molecule has 0 spiro atoms. The number of benzene rings is 1. The number of rotatable bonds is 7. The number of carbonyl (C=O) groups is 1. The van der Waals surface area contributed by atoms with Gasteiger partial charge in [-0.15, -0.1) is 0 Å². The van der Waals surface area contributed by atoms with Gasteiger partial charge >= 0.3 is 0 Å². The number of halogens is 1. The van der Waals surface area contributed by atoms with Crippen molar-refractivity contribution in [3.8, 4) is 0 Å². The summed E-state index contributed by atoms with van der Waals surface area (Å²) >= 11 is 3.36. The van der Waals surface area contributed by atoms with E-state index in [1.165, 1.54) is 0 Å². The molecule has 1 aromatic rings. The average molecular weight is 286 g/mol. The van der Waals surface area contributed by atoms with Crippen LogP contribution in [-0.2, 0) is 16.0 Å². The largest absolute Gasteiger partial charge is 0.383 e. The van der Waals surface area contributed by atoms with E-state index in [0.29, 0.717) is 26.1 Å². The molecule has 0 amide bonds. The summed E-state index contributed by atoms with van der Waals surface area (Å²) in [6, 6.07) is 7.80. The highest BCUT2D eigenvalue weighted by atomic mass is 79.9. The number of ketones is 1. The number of hydrogen-bond acceptors (Lipinski definition) is 3. The number of ether oxygens (including phenoxy) is 1. The molecule has 0 aliphatic rings. The topological polar surface area (TPSA) is 38.3 Å². The zero-order valence-corrected chi connectivity index (χ0v) is 10.9. The van der Waals surface area contributed by atoms with Crippen LogP contribution in [0.4, 0.5) is 0 Å². The molecule has 0 atom stereocenters. The molecule has 88 valence electrons. The number of methoxy groups -OCH3 is 1. The minimum atomic E-state index is 0.193. The van der Waals surface area contributed by atoms with Gasteiger partial charge < -0.3 is 10.1 Å². The normalized spacial score (nSPS) is 10.4. The van der Waals surface area contributed by atoms with E-state index >= 15 is 0 Å². The Morgan fingerprint density at radius 2 is 2.06 bits per heavy atom. The molecule has 1 aromatic carbocycles. The van der Waals surface area contributed by atoms with Crippen molar-refractivity contribution in [3.63, 3.8) is 0 Å². The molecule has 0 aliphatic heterocycles. The van der Waals surface area contributed by atoms with Gasteiger partial charge in [-0.3, -0.25) is 4.79 Å². The van der Waals surface area contributed by atoms with Crippen molar-refractivity contribution in [2.75, 3.05) is 26.8 Å². The van der Waals surface area contributed by atoms with Crippen LogP contribution < -0.4 is 5.32 Å². The van der Waals surface area contributed by atoms with E-state index < -0.39 is 0 Å². The summed E-state index contributed by atoms with van der Waals surface area (Å²) in [6.45, 7) is 1.74. The Kier molecular flexibility index (Phi) is 6.30. The molecule has 0 heterocycles. The van der Waals surface area contributed by atoms with Gasteiger partial charge in [0.2, 0.25) is 0 Å². The predicted molar refractivity (Wildman–Crippen MR) is 67.6 cm³/mol. The van der Waals surface area contributed by atoms with Crippen LogP contribution >= 0.6 is 15.9 Å². The molecule has 1 N–H and O–H groups in total. The van der Waals surface area contributed by atoms with Crippen LogP contribution in [0.2, 0.25) is 0 Å². The van der Waals surface area contributed by atoms with Crippen LogP contribution in [0.1, 0.15) is 5.56 Å². The van der Waals surface area contributed by atoms with Crippen LogP contribution in [0, 0.1) is 0 Å². The van der Waals surface area contributed by atoms with Gasteiger partial charge in [0, 0.05) is 24.5 Å². The van der Waals surface area contributed by atoms with Gasteiger partial charge in [-0.1, -0.05) is 28.1 Å². The van der Waals surface area contributed by atoms with Crippen molar-refractivity contribution >= 4 is 21.7 Å². The first-order valence-electron chi connectivity index (χ1n) is 5.18. The summed E-state index contributed by atoms with van der Waals surface area (Å²) in [4.78, 5) is 11.5. The van der Waals surface area contributed by atoms with Crippen molar-refractivity contribution < 1.29 is 9.53 Å². The van der Waals surface area contributed by atoms with Gasteiger partial charge in [0.15, 0.2) is 5.78 Å². The Labute approximate surface area is 104 Å². The van der Waals surface area contributed by atoms with Gasteiger partial charge in [-0.2, -0.15) is 0 Å². The van der Waals surface area contributed by atoms with E-state index in [1.54, 1.807) is 7.11 Å². The number of carbonyl (C=O) groups excluding carboxylic acids is 1. The van der Waals surface area contributed by atoms with Crippen LogP contribution in [0.5, 0.6) is 0 Å². The second-order valence-corrected chi connectivity index (χ2v) is 4.43. The SMILES string of the molecule is COCCNCC(=O)Cc1ccc(Br)cc1. The third-order valence-corrected chi connectivity index (χ3v) is 2.65. The van der Waals surface area contributed by atoms with Gasteiger partial charge in [0.25, 0.3) is 0 Å². The molecule has 16 heavy (non-hydrogen) atoms. The molecule has 0 saturated heterocycles. The van der Waals surface area contributed by atoms with Crippen LogP contribution in [0.15, 0.2) is 28.7 Å². The standard InChI is InChI=1S/C12H16BrNO2/c1-16-7-6-14-9-12(15)8-10-2-4-11(13)5-3-10/h2-5,14H,6-9H2,1H3. The summed E-state index contributed by atoms with van der Waals surface area (Å²) in [5, 5.41) is 3.03. The lowest BCUT2D eigenvalue weighted by Gasteiger charge is -2.03. The summed E-state index contributed by atoms with van der Waals surface area (Å²) in [5.74, 6) is 0.193. The molecule has 1 rings (SSSR count). The lowest BCUT2D eigenvalue weighted by Crippen LogP contribution is -2.27. The van der Waals surface area contributed by atoms with Gasteiger partial charge in [-0.25, -0.2) is 0 Å². The van der Waals surface area contributed by atoms with Crippen molar-refractivity contribution in [1.82, 2.24) is 5.32 Å². The molecule has 4 heteroatoms. The zero-order chi connectivity index (χ0) is 11.8. The van der Waals surface area contributed by atoms with E-state index in [0.717, 1.165) is 10.0 Å². The Bertz CT molecular complexity index is 324. The molecule has 0 fully saturated rings. The Morgan fingerprint density at radius 3 is 2.69 bits per heavy atom. The fourth-order valence-corrected chi connectivity index (χ4v) is 1.56. The first-order chi connectivity index (χ1) is 7.72.